The number of rotatable bonds is 21. The molecule has 3 amide bonds. The second-order valence-electron chi connectivity index (χ2n) is 18.4. The standard InChI is InChI=1S/C47H62N4O12S3/c1-7-49-41-22-20-33(2)30-37(41)47(6,24-14-28-64(55,56)57)42(49)18-12-10-8-9-11-17-39-35(16-13-19-43(52)48-25-27-51-44(53)32-38(45(51)54)46(3,4)5)36-31-34(66(61,62)63)21-23-40(36)50(39)26-15-29-65(58,59)60/h8-12,17-18,20-23,30-31,35,38H,7,13-16,19,24-29,32H2,1-6H3,(H3-,48,52,55,56,57,58,59,60,61,62,63)/p+1. The molecule has 0 saturated carbocycles. The van der Waals surface area contributed by atoms with Crippen LogP contribution in [-0.2, 0) is 50.2 Å². The third-order valence-electron chi connectivity index (χ3n) is 12.5. The molecule has 0 spiro atoms. The first-order valence-corrected chi connectivity index (χ1v) is 26.8. The summed E-state index contributed by atoms with van der Waals surface area (Å²) >= 11 is 0. The van der Waals surface area contributed by atoms with Crippen molar-refractivity contribution in [2.75, 3.05) is 42.6 Å². The molecular weight excluding hydrogens is 909 g/mol. The Labute approximate surface area is 389 Å². The van der Waals surface area contributed by atoms with E-state index in [0.29, 0.717) is 42.8 Å². The Kier molecular flexibility index (Phi) is 16.6. The molecule has 16 nitrogen and oxygen atoms in total. The van der Waals surface area contributed by atoms with Crippen LogP contribution in [0, 0.1) is 18.3 Å². The Hall–Kier alpha value is -4.79. The molecule has 1 fully saturated rings. The van der Waals surface area contributed by atoms with Gasteiger partial charge in [0.05, 0.1) is 27.7 Å². The van der Waals surface area contributed by atoms with Crippen molar-refractivity contribution in [1.82, 2.24) is 10.2 Å². The zero-order chi connectivity index (χ0) is 48.8. The van der Waals surface area contributed by atoms with E-state index in [4.69, 9.17) is 0 Å². The van der Waals surface area contributed by atoms with Gasteiger partial charge in [-0.1, -0.05) is 62.8 Å². The highest BCUT2D eigenvalue weighted by molar-refractivity contribution is 7.86. The maximum Gasteiger partial charge on any atom is 0.294 e. The van der Waals surface area contributed by atoms with Crippen LogP contribution < -0.4 is 10.2 Å². The third-order valence-corrected chi connectivity index (χ3v) is 15.0. The number of nitrogens with zero attached hydrogens (tertiary/aromatic N) is 3. The number of hydrogen-bond donors (Lipinski definition) is 4. The van der Waals surface area contributed by atoms with Gasteiger partial charge < -0.3 is 10.2 Å². The molecule has 3 unspecified atom stereocenters. The lowest BCUT2D eigenvalue weighted by atomic mass is 9.75. The highest BCUT2D eigenvalue weighted by Gasteiger charge is 2.47. The minimum Gasteiger partial charge on any atom is -0.354 e. The van der Waals surface area contributed by atoms with Crippen LogP contribution in [0.4, 0.5) is 11.4 Å². The number of anilines is 1. The van der Waals surface area contributed by atoms with E-state index in [2.05, 4.69) is 28.9 Å². The first-order valence-electron chi connectivity index (χ1n) is 22.1. The first kappa shape index (κ1) is 52.2. The van der Waals surface area contributed by atoms with E-state index in [1.54, 1.807) is 18.2 Å². The van der Waals surface area contributed by atoms with Crippen molar-refractivity contribution in [3.63, 3.8) is 0 Å². The van der Waals surface area contributed by atoms with Crippen molar-refractivity contribution < 1.29 is 57.9 Å². The lowest BCUT2D eigenvalue weighted by molar-refractivity contribution is -0.433. The van der Waals surface area contributed by atoms with E-state index in [-0.39, 0.29) is 79.1 Å². The lowest BCUT2D eigenvalue weighted by Gasteiger charge is -2.24. The van der Waals surface area contributed by atoms with Crippen molar-refractivity contribution in [3.05, 3.63) is 101 Å². The molecule has 66 heavy (non-hydrogen) atoms. The Morgan fingerprint density at radius 3 is 2.18 bits per heavy atom. The van der Waals surface area contributed by atoms with Crippen LogP contribution in [0.3, 0.4) is 0 Å². The fraction of sp³-hybridized carbons (Fsp3) is 0.489. The number of amides is 3. The van der Waals surface area contributed by atoms with Gasteiger partial charge in [0.1, 0.15) is 6.54 Å². The summed E-state index contributed by atoms with van der Waals surface area (Å²) in [5.74, 6) is -2.63. The summed E-state index contributed by atoms with van der Waals surface area (Å²) in [5.41, 5.74) is 5.04. The van der Waals surface area contributed by atoms with Crippen LogP contribution in [-0.4, -0.2) is 110 Å². The Bertz CT molecular complexity index is 2700. The molecule has 19 heteroatoms. The van der Waals surface area contributed by atoms with Gasteiger partial charge >= 0.3 is 0 Å². The van der Waals surface area contributed by atoms with Gasteiger partial charge in [0.2, 0.25) is 23.4 Å². The highest BCUT2D eigenvalue weighted by Crippen LogP contribution is 2.47. The summed E-state index contributed by atoms with van der Waals surface area (Å²) in [7, 11) is -13.0. The Morgan fingerprint density at radius 2 is 1.55 bits per heavy atom. The second-order valence-corrected chi connectivity index (χ2v) is 22.9. The number of aryl methyl sites for hydroxylation is 1. The van der Waals surface area contributed by atoms with Crippen molar-refractivity contribution in [2.45, 2.75) is 103 Å². The minimum atomic E-state index is -4.60. The molecule has 0 radical (unpaired) electrons. The minimum absolute atomic E-state index is 0.0313. The van der Waals surface area contributed by atoms with Crippen LogP contribution in [0.5, 0.6) is 0 Å². The summed E-state index contributed by atoms with van der Waals surface area (Å²) in [4.78, 5) is 41.2. The average molecular weight is 972 g/mol. The molecule has 2 aromatic rings. The average Bonchev–Trinajstić information content (AvgIpc) is 3.75. The molecule has 4 N–H and O–H groups in total. The van der Waals surface area contributed by atoms with Gasteiger partial charge in [-0.05, 0) is 94.2 Å². The SMILES string of the molecule is CC[N+]1=C(/C=C/C=C/C=C/C=C2\C(CCCC(=O)NCCN3C(=O)CC(C(C)(C)C)C3=O)c3cc(S(=O)(=O)O)ccc3N2CCCS(=O)(=O)O)C(C)(CCCS(=O)(=O)O)c2cc(C)ccc21. The summed E-state index contributed by atoms with van der Waals surface area (Å²) in [5, 5.41) is 2.78. The fourth-order valence-electron chi connectivity index (χ4n) is 9.20. The predicted octanol–water partition coefficient (Wildman–Crippen LogP) is 6.43. The lowest BCUT2D eigenvalue weighted by Crippen LogP contribution is -2.39. The number of benzene rings is 2. The summed E-state index contributed by atoms with van der Waals surface area (Å²) in [6, 6.07) is 10.4. The largest absolute Gasteiger partial charge is 0.354 e. The van der Waals surface area contributed by atoms with Gasteiger partial charge in [-0.3, -0.25) is 32.9 Å². The number of carbonyl (C=O) groups is 3. The Balaban J connectivity index is 1.36. The van der Waals surface area contributed by atoms with Crippen LogP contribution in [0.25, 0.3) is 0 Å². The number of carbonyl (C=O) groups excluding carboxylic acids is 3. The van der Waals surface area contributed by atoms with E-state index in [1.165, 1.54) is 23.1 Å². The normalized spacial score (nSPS) is 21.1. The number of likely N-dealkylation sites (tertiary alicyclic amines) is 1. The fourth-order valence-corrected chi connectivity index (χ4v) is 10.7. The Morgan fingerprint density at radius 1 is 0.879 bits per heavy atom. The molecule has 0 aromatic heterocycles. The number of imide groups is 1. The molecule has 2 aromatic carbocycles. The van der Waals surface area contributed by atoms with Crippen molar-refractivity contribution in [2.24, 2.45) is 11.3 Å². The number of fused-ring (bicyclic) bond motifs is 2. The quantitative estimate of drug-likeness (QED) is 0.0458. The van der Waals surface area contributed by atoms with Gasteiger partial charge in [0, 0.05) is 67.5 Å². The monoisotopic (exact) mass is 971 g/mol. The molecular formula is C47H63N4O12S3+. The smallest absolute Gasteiger partial charge is 0.294 e. The summed E-state index contributed by atoms with van der Waals surface area (Å²) in [6.45, 7) is 12.8. The zero-order valence-electron chi connectivity index (χ0n) is 38.4. The van der Waals surface area contributed by atoms with Crippen LogP contribution >= 0.6 is 0 Å². The maximum atomic E-state index is 13.0. The van der Waals surface area contributed by atoms with Crippen LogP contribution in [0.15, 0.2) is 89.5 Å². The predicted molar refractivity (Wildman–Crippen MR) is 254 cm³/mol. The van der Waals surface area contributed by atoms with Gasteiger partial charge in [0.15, 0.2) is 5.71 Å². The van der Waals surface area contributed by atoms with E-state index in [9.17, 15) is 53.3 Å². The van der Waals surface area contributed by atoms with Gasteiger partial charge in [0.25, 0.3) is 30.4 Å². The molecule has 3 heterocycles. The van der Waals surface area contributed by atoms with E-state index in [0.717, 1.165) is 22.5 Å². The summed E-state index contributed by atoms with van der Waals surface area (Å²) in [6.07, 6.45) is 14.5. The summed E-state index contributed by atoms with van der Waals surface area (Å²) < 4.78 is 102. The molecule has 3 atom stereocenters. The molecule has 5 rings (SSSR count). The van der Waals surface area contributed by atoms with Gasteiger partial charge in [-0.25, -0.2) is 0 Å². The van der Waals surface area contributed by atoms with Crippen LogP contribution in [0.1, 0.15) is 102 Å². The molecule has 0 bridgehead atoms. The topological polar surface area (TPSA) is 236 Å². The zero-order valence-corrected chi connectivity index (χ0v) is 40.9. The number of nitrogens with one attached hydrogen (secondary N) is 1. The number of hydrogen-bond acceptors (Lipinski definition) is 10. The van der Waals surface area contributed by atoms with Crippen molar-refractivity contribution >= 4 is 65.2 Å². The molecule has 360 valence electrons. The number of allylic oxidation sites excluding steroid dienone is 8. The highest BCUT2D eigenvalue weighted by atomic mass is 32.2. The second kappa shape index (κ2) is 21.0. The van der Waals surface area contributed by atoms with E-state index in [1.807, 2.05) is 69.9 Å². The third kappa shape index (κ3) is 13.0. The van der Waals surface area contributed by atoms with E-state index < -0.39 is 53.4 Å². The first-order chi connectivity index (χ1) is 30.7. The molecule has 0 aliphatic carbocycles. The molecule has 3 aliphatic heterocycles. The van der Waals surface area contributed by atoms with Gasteiger partial charge in [-0.15, -0.1) is 0 Å². The van der Waals surface area contributed by atoms with Gasteiger partial charge in [-0.2, -0.15) is 29.8 Å². The molecule has 3 aliphatic rings. The van der Waals surface area contributed by atoms with E-state index >= 15 is 0 Å². The van der Waals surface area contributed by atoms with Crippen molar-refractivity contribution in [3.8, 4) is 0 Å². The maximum absolute atomic E-state index is 13.0. The van der Waals surface area contributed by atoms with Crippen LogP contribution in [0.2, 0.25) is 0 Å². The van der Waals surface area contributed by atoms with Crippen molar-refractivity contribution in [1.29, 1.82) is 0 Å². The molecule has 1 saturated heterocycles.